The van der Waals surface area contributed by atoms with Crippen molar-refractivity contribution < 1.29 is 9.26 Å². The summed E-state index contributed by atoms with van der Waals surface area (Å²) in [6.07, 6.45) is 1.58. The van der Waals surface area contributed by atoms with Crippen LogP contribution in [0.4, 0.5) is 0 Å². The molecule has 0 aliphatic rings. The number of hydrogen-bond acceptors (Lipinski definition) is 8. The number of ether oxygens (including phenoxy) is 1. The lowest BCUT2D eigenvalue weighted by atomic mass is 10.2. The lowest BCUT2D eigenvalue weighted by Crippen LogP contribution is -1.94. The Bertz CT molecular complexity index is 999. The zero-order valence-electron chi connectivity index (χ0n) is 13.4. The van der Waals surface area contributed by atoms with E-state index in [2.05, 4.69) is 20.1 Å². The van der Waals surface area contributed by atoms with Crippen LogP contribution in [-0.4, -0.2) is 26.7 Å². The first kappa shape index (κ1) is 16.0. The van der Waals surface area contributed by atoms with Crippen LogP contribution in [0.2, 0.25) is 0 Å². The molecule has 0 radical (unpaired) electrons. The van der Waals surface area contributed by atoms with Gasteiger partial charge >= 0.3 is 0 Å². The van der Waals surface area contributed by atoms with Crippen LogP contribution < -0.4 is 4.74 Å². The molecule has 4 rings (SSSR count). The van der Waals surface area contributed by atoms with Crippen LogP contribution >= 0.6 is 23.1 Å². The maximum absolute atomic E-state index is 5.63. The van der Waals surface area contributed by atoms with E-state index in [1.54, 1.807) is 29.4 Å². The van der Waals surface area contributed by atoms with Crippen molar-refractivity contribution in [3.05, 3.63) is 47.9 Å². The normalized spacial score (nSPS) is 11.1. The van der Waals surface area contributed by atoms with Crippen LogP contribution in [0.5, 0.6) is 5.75 Å². The number of thiophene rings is 1. The fourth-order valence-electron chi connectivity index (χ4n) is 2.37. The molecule has 0 spiro atoms. The Morgan fingerprint density at radius 3 is 3.04 bits per heavy atom. The Labute approximate surface area is 152 Å². The van der Waals surface area contributed by atoms with Gasteiger partial charge in [-0.15, -0.1) is 11.3 Å². The summed E-state index contributed by atoms with van der Waals surface area (Å²) in [4.78, 5) is 14.1. The van der Waals surface area contributed by atoms with Crippen LogP contribution in [-0.2, 0) is 5.75 Å². The van der Waals surface area contributed by atoms with E-state index in [0.717, 1.165) is 26.6 Å². The fraction of sp³-hybridized carbons (Fsp3) is 0.176. The Hall–Kier alpha value is -2.45. The van der Waals surface area contributed by atoms with Gasteiger partial charge in [0.05, 0.1) is 17.9 Å². The van der Waals surface area contributed by atoms with Gasteiger partial charge in [-0.3, -0.25) is 0 Å². The monoisotopic (exact) mass is 370 g/mol. The molecule has 0 saturated heterocycles. The van der Waals surface area contributed by atoms with Crippen LogP contribution in [0.15, 0.2) is 51.6 Å². The summed E-state index contributed by atoms with van der Waals surface area (Å²) in [6, 6.07) is 9.70. The number of hydrogen-bond donors (Lipinski definition) is 0. The van der Waals surface area contributed by atoms with E-state index in [0.29, 0.717) is 24.1 Å². The Morgan fingerprint density at radius 2 is 2.12 bits per heavy atom. The number of fused-ring (bicyclic) bond motifs is 1. The first-order valence-electron chi connectivity index (χ1n) is 7.71. The summed E-state index contributed by atoms with van der Waals surface area (Å²) in [5.74, 6) is 2.38. The number of aromatic nitrogens is 4. The molecule has 4 aromatic rings. The molecular formula is C17H14N4O2S2. The quantitative estimate of drug-likeness (QED) is 0.367. The van der Waals surface area contributed by atoms with Gasteiger partial charge in [-0.2, -0.15) is 4.98 Å². The van der Waals surface area contributed by atoms with Crippen molar-refractivity contribution in [2.75, 3.05) is 6.61 Å². The van der Waals surface area contributed by atoms with Gasteiger partial charge in [0.1, 0.15) is 21.9 Å². The third-order valence-electron chi connectivity index (χ3n) is 3.45. The average molecular weight is 370 g/mol. The number of nitrogens with zero attached hydrogens (tertiary/aromatic N) is 4. The average Bonchev–Trinajstić information content (AvgIpc) is 3.30. The van der Waals surface area contributed by atoms with Gasteiger partial charge in [0.15, 0.2) is 0 Å². The molecule has 0 amide bonds. The number of thioether (sulfide) groups is 1. The highest BCUT2D eigenvalue weighted by Crippen LogP contribution is 2.31. The minimum absolute atomic E-state index is 0.531. The first-order valence-corrected chi connectivity index (χ1v) is 9.57. The lowest BCUT2D eigenvalue weighted by Gasteiger charge is -2.05. The number of para-hydroxylation sites is 1. The van der Waals surface area contributed by atoms with Gasteiger partial charge in [-0.25, -0.2) is 9.97 Å². The minimum Gasteiger partial charge on any atom is -0.493 e. The third kappa shape index (κ3) is 3.35. The summed E-state index contributed by atoms with van der Waals surface area (Å²) >= 11 is 3.16. The van der Waals surface area contributed by atoms with Crippen LogP contribution in [0.3, 0.4) is 0 Å². The molecule has 3 aromatic heterocycles. The van der Waals surface area contributed by atoms with Crippen molar-refractivity contribution in [1.29, 1.82) is 0 Å². The highest BCUT2D eigenvalue weighted by molar-refractivity contribution is 7.98. The van der Waals surface area contributed by atoms with E-state index >= 15 is 0 Å². The molecule has 0 atom stereocenters. The Morgan fingerprint density at radius 1 is 1.20 bits per heavy atom. The third-order valence-corrected chi connectivity index (χ3v) is 5.26. The zero-order chi connectivity index (χ0) is 17.1. The van der Waals surface area contributed by atoms with Crippen LogP contribution in [0.25, 0.3) is 21.6 Å². The second-order valence-corrected chi connectivity index (χ2v) is 6.91. The Balaban J connectivity index is 1.53. The lowest BCUT2D eigenvalue weighted by molar-refractivity contribution is 0.341. The van der Waals surface area contributed by atoms with Crippen molar-refractivity contribution in [2.24, 2.45) is 0 Å². The second-order valence-electron chi connectivity index (χ2n) is 5.05. The summed E-state index contributed by atoms with van der Waals surface area (Å²) in [7, 11) is 0. The smallest absolute Gasteiger partial charge is 0.237 e. The van der Waals surface area contributed by atoms with Gasteiger partial charge < -0.3 is 9.26 Å². The topological polar surface area (TPSA) is 73.9 Å². The van der Waals surface area contributed by atoms with E-state index in [4.69, 9.17) is 9.26 Å². The highest BCUT2D eigenvalue weighted by atomic mass is 32.2. The standard InChI is InChI=1S/C17H14N4O2S2/c1-2-22-13-6-4-3-5-11(13)15-20-14(23-21-15)9-25-17-12-7-8-24-16(12)18-10-19-17/h3-8,10H,2,9H2,1H3. The predicted molar refractivity (Wildman–Crippen MR) is 97.9 cm³/mol. The molecule has 0 aliphatic carbocycles. The van der Waals surface area contributed by atoms with Crippen molar-refractivity contribution >= 4 is 33.3 Å². The van der Waals surface area contributed by atoms with Gasteiger partial charge in [-0.1, -0.05) is 29.1 Å². The summed E-state index contributed by atoms with van der Waals surface area (Å²) < 4.78 is 11.0. The molecule has 3 heterocycles. The van der Waals surface area contributed by atoms with E-state index in [1.165, 1.54) is 0 Å². The van der Waals surface area contributed by atoms with Gasteiger partial charge in [-0.05, 0) is 30.5 Å². The SMILES string of the molecule is CCOc1ccccc1-c1noc(CSc2ncnc3sccc23)n1. The molecule has 126 valence electrons. The fourth-order valence-corrected chi connectivity index (χ4v) is 3.98. The van der Waals surface area contributed by atoms with E-state index in [1.807, 2.05) is 42.6 Å². The van der Waals surface area contributed by atoms with E-state index in [-0.39, 0.29) is 0 Å². The number of benzene rings is 1. The van der Waals surface area contributed by atoms with E-state index < -0.39 is 0 Å². The van der Waals surface area contributed by atoms with Gasteiger partial charge in [0.2, 0.25) is 11.7 Å². The second kappa shape index (κ2) is 7.20. The molecule has 25 heavy (non-hydrogen) atoms. The van der Waals surface area contributed by atoms with Crippen molar-refractivity contribution in [3.63, 3.8) is 0 Å². The first-order chi connectivity index (χ1) is 12.3. The maximum Gasteiger partial charge on any atom is 0.237 e. The summed E-state index contributed by atoms with van der Waals surface area (Å²) in [5.41, 5.74) is 0.826. The van der Waals surface area contributed by atoms with E-state index in [9.17, 15) is 0 Å². The van der Waals surface area contributed by atoms with Gasteiger partial charge in [0, 0.05) is 5.39 Å². The molecule has 0 saturated carbocycles. The molecule has 6 nitrogen and oxygen atoms in total. The largest absolute Gasteiger partial charge is 0.493 e. The van der Waals surface area contributed by atoms with Gasteiger partial charge in [0.25, 0.3) is 0 Å². The van der Waals surface area contributed by atoms with Crippen LogP contribution in [0, 0.1) is 0 Å². The molecule has 0 unspecified atom stereocenters. The molecule has 0 bridgehead atoms. The molecule has 0 N–H and O–H groups in total. The molecular weight excluding hydrogens is 356 g/mol. The van der Waals surface area contributed by atoms with Crippen molar-refractivity contribution in [2.45, 2.75) is 17.7 Å². The molecule has 8 heteroatoms. The highest BCUT2D eigenvalue weighted by Gasteiger charge is 2.14. The van der Waals surface area contributed by atoms with Crippen LogP contribution in [0.1, 0.15) is 12.8 Å². The molecule has 0 fully saturated rings. The molecule has 0 aliphatic heterocycles. The summed E-state index contributed by atoms with van der Waals surface area (Å²) in [5, 5.41) is 8.07. The summed E-state index contributed by atoms with van der Waals surface area (Å²) in [6.45, 7) is 2.53. The predicted octanol–water partition coefficient (Wildman–Crippen LogP) is 4.43. The zero-order valence-corrected chi connectivity index (χ0v) is 15.0. The Kier molecular flexibility index (Phi) is 4.62. The molecule has 1 aromatic carbocycles. The minimum atomic E-state index is 0.531. The number of rotatable bonds is 6. The van der Waals surface area contributed by atoms with Crippen molar-refractivity contribution in [1.82, 2.24) is 20.1 Å². The maximum atomic E-state index is 5.63. The van der Waals surface area contributed by atoms with Crippen molar-refractivity contribution in [3.8, 4) is 17.1 Å².